The molecule has 0 radical (unpaired) electrons. The van der Waals surface area contributed by atoms with Crippen molar-refractivity contribution < 1.29 is 9.47 Å². The highest BCUT2D eigenvalue weighted by atomic mass is 16.7. The fourth-order valence-electron chi connectivity index (χ4n) is 7.94. The van der Waals surface area contributed by atoms with Crippen LogP contribution in [0.25, 0.3) is 90.9 Å². The Labute approximate surface area is 333 Å². The lowest BCUT2D eigenvalue weighted by Gasteiger charge is -2.16. The summed E-state index contributed by atoms with van der Waals surface area (Å²) in [6.07, 6.45) is 10.0. The predicted octanol–water partition coefficient (Wildman–Crippen LogP) is 12.7. The Bertz CT molecular complexity index is 2700. The van der Waals surface area contributed by atoms with Gasteiger partial charge in [0.1, 0.15) is 0 Å². The quantitative estimate of drug-likeness (QED) is 0.129. The van der Waals surface area contributed by atoms with Gasteiger partial charge < -0.3 is 19.4 Å². The smallest absolute Gasteiger partial charge is 0.157 e. The van der Waals surface area contributed by atoms with Gasteiger partial charge in [-0.3, -0.25) is 0 Å². The van der Waals surface area contributed by atoms with Crippen molar-refractivity contribution in [2.24, 2.45) is 0 Å². The first-order valence-electron chi connectivity index (χ1n) is 19.8. The van der Waals surface area contributed by atoms with Gasteiger partial charge in [0.05, 0.1) is 22.8 Å². The third-order valence-electron chi connectivity index (χ3n) is 10.6. The topological polar surface area (TPSA) is 75.8 Å². The molecule has 0 unspecified atom stereocenters. The van der Waals surface area contributed by atoms with E-state index in [1.165, 1.54) is 5.56 Å². The molecule has 0 saturated carbocycles. The van der Waals surface area contributed by atoms with E-state index in [0.29, 0.717) is 13.2 Å². The third kappa shape index (κ3) is 7.41. The second-order valence-electron chi connectivity index (χ2n) is 14.2. The number of benzene rings is 4. The van der Waals surface area contributed by atoms with Crippen molar-refractivity contribution in [3.63, 3.8) is 0 Å². The van der Waals surface area contributed by atoms with Crippen LogP contribution in [0.15, 0.2) is 140 Å². The highest BCUT2D eigenvalue weighted by Gasteiger charge is 2.19. The molecular weight excluding hydrogens is 701 g/mol. The molecule has 280 valence electrons. The lowest BCUT2D eigenvalue weighted by molar-refractivity contribution is -0.139. The van der Waals surface area contributed by atoms with Crippen LogP contribution < -0.4 is 0 Å². The van der Waals surface area contributed by atoms with Gasteiger partial charge in [0.25, 0.3) is 0 Å². The van der Waals surface area contributed by atoms with E-state index >= 15 is 0 Å². The summed E-state index contributed by atoms with van der Waals surface area (Å²) in [5, 5.41) is 0. The standard InChI is InChI=1S/C51H44N4O2/c1-3-56-47(57-4-2)33-22-34-20-23-38(24-21-34)51-45-31-29-43(54-45)49(36-16-10-6-11-17-36)41-27-25-39(52-41)48(35-14-8-5-9-15-35)40-26-28-42(53-40)50(37-18-12-7-13-19-37)44-30-32-46(51)55-44/h5-21,23-32,47,52,55H,3-4,22,33H2,1-2H3. The molecule has 0 aliphatic carbocycles. The molecule has 9 rings (SSSR count). The van der Waals surface area contributed by atoms with Crippen LogP contribution in [0.5, 0.6) is 0 Å². The highest BCUT2D eigenvalue weighted by molar-refractivity contribution is 5.99. The van der Waals surface area contributed by atoms with Crippen molar-refractivity contribution in [3.05, 3.63) is 168 Å². The molecule has 0 spiro atoms. The number of rotatable bonds is 11. The van der Waals surface area contributed by atoms with Crippen LogP contribution in [0.3, 0.4) is 0 Å². The summed E-state index contributed by atoms with van der Waals surface area (Å²) in [4.78, 5) is 18.5. The average Bonchev–Trinajstić information content (AvgIpc) is 4.10. The van der Waals surface area contributed by atoms with Gasteiger partial charge in [-0.05, 0) is 96.7 Å². The zero-order valence-electron chi connectivity index (χ0n) is 32.2. The Balaban J connectivity index is 1.33. The molecule has 4 aromatic carbocycles. The van der Waals surface area contributed by atoms with Crippen LogP contribution in [0.4, 0.5) is 0 Å². The van der Waals surface area contributed by atoms with E-state index in [1.807, 2.05) is 13.8 Å². The molecule has 0 saturated heterocycles. The number of ether oxygens (including phenoxy) is 2. The summed E-state index contributed by atoms with van der Waals surface area (Å²) in [7, 11) is 0. The van der Waals surface area contributed by atoms with Crippen molar-refractivity contribution in [2.45, 2.75) is 33.0 Å². The molecule has 3 aromatic heterocycles. The van der Waals surface area contributed by atoms with E-state index in [0.717, 1.165) is 102 Å². The number of nitrogens with zero attached hydrogens (tertiary/aromatic N) is 2. The Hall–Kier alpha value is -6.60. The molecule has 2 aliphatic rings. The molecule has 6 heteroatoms. The molecular formula is C51H44N4O2. The summed E-state index contributed by atoms with van der Waals surface area (Å²) in [5.74, 6) is 0. The number of hydrogen-bond acceptors (Lipinski definition) is 4. The number of hydrogen-bond donors (Lipinski definition) is 2. The van der Waals surface area contributed by atoms with E-state index in [-0.39, 0.29) is 6.29 Å². The van der Waals surface area contributed by atoms with Crippen LogP contribution in [0.2, 0.25) is 0 Å². The predicted molar refractivity (Wildman–Crippen MR) is 236 cm³/mol. The van der Waals surface area contributed by atoms with E-state index in [4.69, 9.17) is 19.4 Å². The van der Waals surface area contributed by atoms with Gasteiger partial charge >= 0.3 is 0 Å². The normalized spacial score (nSPS) is 12.1. The van der Waals surface area contributed by atoms with Gasteiger partial charge in [-0.1, -0.05) is 115 Å². The van der Waals surface area contributed by atoms with Crippen molar-refractivity contribution in [2.75, 3.05) is 13.2 Å². The summed E-state index contributed by atoms with van der Waals surface area (Å²) >= 11 is 0. The first-order valence-corrected chi connectivity index (χ1v) is 19.8. The number of H-pyrrole nitrogens is 2. The Morgan fingerprint density at radius 3 is 1.09 bits per heavy atom. The Morgan fingerprint density at radius 1 is 0.421 bits per heavy atom. The molecule has 0 atom stereocenters. The van der Waals surface area contributed by atoms with Crippen molar-refractivity contribution >= 4 is 46.4 Å². The Kier molecular flexibility index (Phi) is 10.3. The fraction of sp³-hybridized carbons (Fsp3) is 0.137. The third-order valence-corrected chi connectivity index (χ3v) is 10.6. The van der Waals surface area contributed by atoms with Crippen LogP contribution in [-0.2, 0) is 15.9 Å². The molecule has 2 aliphatic heterocycles. The molecule has 2 N–H and O–H groups in total. The first kappa shape index (κ1) is 36.1. The maximum Gasteiger partial charge on any atom is 0.157 e. The summed E-state index contributed by atoms with van der Waals surface area (Å²) in [5.41, 5.74) is 17.2. The minimum Gasteiger partial charge on any atom is -0.354 e. The number of aromatic nitrogens is 4. The van der Waals surface area contributed by atoms with Gasteiger partial charge in [0.15, 0.2) is 6.29 Å². The molecule has 6 nitrogen and oxygen atoms in total. The van der Waals surface area contributed by atoms with E-state index in [1.54, 1.807) is 0 Å². The zero-order valence-corrected chi connectivity index (χ0v) is 32.2. The largest absolute Gasteiger partial charge is 0.354 e. The number of nitrogens with one attached hydrogen (secondary N) is 2. The number of aryl methyl sites for hydroxylation is 1. The van der Waals surface area contributed by atoms with Gasteiger partial charge in [0.2, 0.25) is 0 Å². The molecule has 0 amide bonds. The highest BCUT2D eigenvalue weighted by Crippen LogP contribution is 2.38. The van der Waals surface area contributed by atoms with E-state index < -0.39 is 0 Å². The van der Waals surface area contributed by atoms with E-state index in [2.05, 4.69) is 174 Å². The molecule has 7 aromatic rings. The lowest BCUT2D eigenvalue weighted by Crippen LogP contribution is -2.18. The van der Waals surface area contributed by atoms with Crippen LogP contribution >= 0.6 is 0 Å². The second-order valence-corrected chi connectivity index (χ2v) is 14.2. The van der Waals surface area contributed by atoms with Crippen molar-refractivity contribution in [1.29, 1.82) is 0 Å². The fourth-order valence-corrected chi connectivity index (χ4v) is 7.94. The molecule has 8 bridgehead atoms. The second kappa shape index (κ2) is 16.2. The monoisotopic (exact) mass is 744 g/mol. The van der Waals surface area contributed by atoms with Crippen LogP contribution in [0.1, 0.15) is 48.6 Å². The van der Waals surface area contributed by atoms with E-state index in [9.17, 15) is 0 Å². The summed E-state index contributed by atoms with van der Waals surface area (Å²) < 4.78 is 11.7. The minimum absolute atomic E-state index is 0.205. The molecule has 0 fully saturated rings. The van der Waals surface area contributed by atoms with Crippen molar-refractivity contribution in [1.82, 2.24) is 19.9 Å². The average molecular weight is 745 g/mol. The van der Waals surface area contributed by atoms with Gasteiger partial charge in [0, 0.05) is 64.0 Å². The first-order chi connectivity index (χ1) is 28.2. The summed E-state index contributed by atoms with van der Waals surface area (Å²) in [6.45, 7) is 5.27. The van der Waals surface area contributed by atoms with Crippen LogP contribution in [-0.4, -0.2) is 39.4 Å². The number of aromatic amines is 2. The maximum absolute atomic E-state index is 5.83. The Morgan fingerprint density at radius 2 is 0.754 bits per heavy atom. The molecule has 57 heavy (non-hydrogen) atoms. The maximum atomic E-state index is 5.83. The number of fused-ring (bicyclic) bond motifs is 8. The SMILES string of the molecule is CCOC(CCc1ccc(-c2c3nc(c(-c4ccccc4)c4ccc([nH]4)c(-c4ccccc4)c4nc(c(-c5ccccc5)c5ccc2[nH]5)C=C4)C=C3)cc1)OCC. The lowest BCUT2D eigenvalue weighted by atomic mass is 10.0. The minimum atomic E-state index is -0.205. The van der Waals surface area contributed by atoms with Gasteiger partial charge in [-0.15, -0.1) is 0 Å². The zero-order chi connectivity index (χ0) is 38.6. The van der Waals surface area contributed by atoms with Crippen molar-refractivity contribution in [3.8, 4) is 44.5 Å². The van der Waals surface area contributed by atoms with Gasteiger partial charge in [-0.25, -0.2) is 9.97 Å². The van der Waals surface area contributed by atoms with Crippen LogP contribution in [0, 0.1) is 0 Å². The van der Waals surface area contributed by atoms with Gasteiger partial charge in [-0.2, -0.15) is 0 Å². The summed E-state index contributed by atoms with van der Waals surface area (Å²) in [6, 6.07) is 49.1. The molecule has 5 heterocycles.